The number of likely N-dealkylation sites (tertiary alicyclic amines) is 1. The Kier molecular flexibility index (Phi) is 4.80. The fourth-order valence-corrected chi connectivity index (χ4v) is 3.42. The van der Waals surface area contributed by atoms with Crippen LogP contribution in [0.4, 0.5) is 13.2 Å². The van der Waals surface area contributed by atoms with Crippen LogP contribution in [0.15, 0.2) is 0 Å². The molecule has 0 aliphatic carbocycles. The van der Waals surface area contributed by atoms with Crippen LogP contribution in [-0.2, 0) is 17.9 Å². The second kappa shape index (κ2) is 6.70. The molecule has 2 atom stereocenters. The van der Waals surface area contributed by atoms with Crippen LogP contribution in [0, 0.1) is 0 Å². The molecule has 1 saturated heterocycles. The molecule has 1 fully saturated rings. The fourth-order valence-electron chi connectivity index (χ4n) is 3.42. The Balaban J connectivity index is 1.64. The van der Waals surface area contributed by atoms with Gasteiger partial charge in [-0.1, -0.05) is 0 Å². The molecule has 1 aromatic rings. The van der Waals surface area contributed by atoms with Gasteiger partial charge in [0.1, 0.15) is 17.6 Å². The normalized spacial score (nSPS) is 22.5. The largest absolute Gasteiger partial charge is 0.398 e. The first-order valence-electron chi connectivity index (χ1n) is 8.39. The summed E-state index contributed by atoms with van der Waals surface area (Å²) >= 11 is 0. The van der Waals surface area contributed by atoms with Crippen LogP contribution in [0.1, 0.15) is 50.2 Å². The molecule has 0 aromatic carbocycles. The zero-order valence-corrected chi connectivity index (χ0v) is 13.6. The number of nitrogens with zero attached hydrogens (tertiary/aromatic N) is 4. The molecular weight excluding hydrogens is 323 g/mol. The Morgan fingerprint density at radius 2 is 1.96 bits per heavy atom. The summed E-state index contributed by atoms with van der Waals surface area (Å²) < 4.78 is 40.8. The Bertz CT molecular complexity index is 594. The monoisotopic (exact) mass is 345 g/mol. The minimum absolute atomic E-state index is 0.0101. The second-order valence-electron chi connectivity index (χ2n) is 6.50. The van der Waals surface area contributed by atoms with Crippen molar-refractivity contribution in [3.8, 4) is 0 Å². The van der Waals surface area contributed by atoms with E-state index < -0.39 is 18.1 Å². The van der Waals surface area contributed by atoms with Crippen molar-refractivity contribution in [3.63, 3.8) is 0 Å². The van der Waals surface area contributed by atoms with Gasteiger partial charge in [-0.25, -0.2) is 0 Å². The van der Waals surface area contributed by atoms with E-state index in [0.717, 1.165) is 25.9 Å². The van der Waals surface area contributed by atoms with Crippen molar-refractivity contribution >= 4 is 5.91 Å². The molecule has 6 nitrogen and oxygen atoms in total. The third-order valence-electron chi connectivity index (χ3n) is 4.79. The smallest absolute Gasteiger partial charge is 0.341 e. The summed E-state index contributed by atoms with van der Waals surface area (Å²) in [5, 5.41) is 10.7. The molecule has 24 heavy (non-hydrogen) atoms. The lowest BCUT2D eigenvalue weighted by molar-refractivity contribution is -0.156. The Hall–Kier alpha value is -1.64. The zero-order valence-electron chi connectivity index (χ0n) is 13.6. The Labute approximate surface area is 138 Å². The number of alkyl halides is 3. The van der Waals surface area contributed by atoms with Crippen molar-refractivity contribution in [2.75, 3.05) is 13.1 Å². The minimum Gasteiger partial charge on any atom is -0.341 e. The number of fused-ring (bicyclic) bond motifs is 1. The number of carbonyl (C=O) groups is 1. The summed E-state index contributed by atoms with van der Waals surface area (Å²) in [6.45, 7) is 4.04. The lowest BCUT2D eigenvalue weighted by Crippen LogP contribution is -2.43. The third kappa shape index (κ3) is 3.40. The van der Waals surface area contributed by atoms with E-state index in [4.69, 9.17) is 0 Å². The summed E-state index contributed by atoms with van der Waals surface area (Å²) in [5.74, 6) is -1.07. The van der Waals surface area contributed by atoms with E-state index in [2.05, 4.69) is 15.5 Å². The molecule has 2 unspecified atom stereocenters. The van der Waals surface area contributed by atoms with E-state index in [1.54, 1.807) is 11.5 Å². The predicted octanol–water partition coefficient (Wildman–Crippen LogP) is 1.82. The minimum atomic E-state index is -4.30. The first-order valence-corrected chi connectivity index (χ1v) is 8.39. The number of hydrogen-bond acceptors (Lipinski definition) is 4. The third-order valence-corrected chi connectivity index (χ3v) is 4.79. The number of hydrogen-bond donors (Lipinski definition) is 1. The van der Waals surface area contributed by atoms with Gasteiger partial charge in [-0.05, 0) is 32.6 Å². The van der Waals surface area contributed by atoms with E-state index in [-0.39, 0.29) is 24.7 Å². The molecule has 2 aliphatic rings. The number of amides is 1. The van der Waals surface area contributed by atoms with Gasteiger partial charge in [0.05, 0.1) is 12.6 Å². The van der Waals surface area contributed by atoms with Gasteiger partial charge in [0, 0.05) is 19.6 Å². The number of rotatable bonds is 4. The van der Waals surface area contributed by atoms with E-state index in [1.807, 2.05) is 4.90 Å². The highest BCUT2D eigenvalue weighted by molar-refractivity contribution is 5.81. The second-order valence-corrected chi connectivity index (χ2v) is 6.50. The number of halogens is 3. The van der Waals surface area contributed by atoms with Crippen LogP contribution in [0.25, 0.3) is 0 Å². The van der Waals surface area contributed by atoms with Gasteiger partial charge in [0.25, 0.3) is 0 Å². The molecule has 3 heterocycles. The SMILES string of the molecule is CC(NCc1nnc2n1CCCC2C(F)(F)F)C(=O)N1CCCC1. The maximum Gasteiger partial charge on any atom is 0.398 e. The summed E-state index contributed by atoms with van der Waals surface area (Å²) in [5.41, 5.74) is 0. The molecule has 134 valence electrons. The average Bonchev–Trinajstić information content (AvgIpc) is 3.20. The molecule has 1 amide bonds. The summed E-state index contributed by atoms with van der Waals surface area (Å²) in [4.78, 5) is 14.1. The number of nitrogens with one attached hydrogen (secondary N) is 1. The van der Waals surface area contributed by atoms with E-state index in [9.17, 15) is 18.0 Å². The van der Waals surface area contributed by atoms with E-state index in [1.165, 1.54) is 0 Å². The van der Waals surface area contributed by atoms with E-state index in [0.29, 0.717) is 18.8 Å². The van der Waals surface area contributed by atoms with Gasteiger partial charge >= 0.3 is 6.18 Å². The Morgan fingerprint density at radius 1 is 1.25 bits per heavy atom. The maximum atomic E-state index is 13.1. The number of carbonyl (C=O) groups excluding carboxylic acids is 1. The standard InChI is InChI=1S/C15H22F3N5O/c1-10(14(24)22-6-2-3-7-22)19-9-12-20-21-13-11(15(16,17)18)5-4-8-23(12)13/h10-11,19H,2-9H2,1H3. The van der Waals surface area contributed by atoms with Crippen LogP contribution in [0.3, 0.4) is 0 Å². The van der Waals surface area contributed by atoms with Gasteiger partial charge in [0.15, 0.2) is 0 Å². The molecule has 0 radical (unpaired) electrons. The molecule has 3 rings (SSSR count). The molecule has 0 spiro atoms. The fraction of sp³-hybridized carbons (Fsp3) is 0.800. The highest BCUT2D eigenvalue weighted by atomic mass is 19.4. The van der Waals surface area contributed by atoms with Gasteiger partial charge < -0.3 is 9.47 Å². The highest BCUT2D eigenvalue weighted by Gasteiger charge is 2.45. The average molecular weight is 345 g/mol. The van der Waals surface area contributed by atoms with Crippen LogP contribution < -0.4 is 5.32 Å². The molecule has 1 N–H and O–H groups in total. The topological polar surface area (TPSA) is 63.1 Å². The van der Waals surface area contributed by atoms with Gasteiger partial charge in [-0.15, -0.1) is 10.2 Å². The van der Waals surface area contributed by atoms with Crippen molar-refractivity contribution in [1.82, 2.24) is 25.0 Å². The van der Waals surface area contributed by atoms with Crippen molar-refractivity contribution in [1.29, 1.82) is 0 Å². The highest BCUT2D eigenvalue weighted by Crippen LogP contribution is 2.40. The van der Waals surface area contributed by atoms with Crippen LogP contribution >= 0.6 is 0 Å². The molecule has 9 heteroatoms. The van der Waals surface area contributed by atoms with Gasteiger partial charge in [-0.2, -0.15) is 13.2 Å². The van der Waals surface area contributed by atoms with Crippen molar-refractivity contribution in [2.24, 2.45) is 0 Å². The van der Waals surface area contributed by atoms with Crippen LogP contribution in [-0.4, -0.2) is 50.9 Å². The summed E-state index contributed by atoms with van der Waals surface area (Å²) in [6.07, 6.45) is -1.75. The lowest BCUT2D eigenvalue weighted by atomic mass is 9.98. The number of aromatic nitrogens is 3. The Morgan fingerprint density at radius 3 is 2.62 bits per heavy atom. The van der Waals surface area contributed by atoms with Crippen molar-refractivity contribution in [2.45, 2.75) is 63.8 Å². The predicted molar refractivity (Wildman–Crippen MR) is 80.2 cm³/mol. The molecule has 1 aromatic heterocycles. The van der Waals surface area contributed by atoms with Crippen LogP contribution in [0.5, 0.6) is 0 Å². The van der Waals surface area contributed by atoms with Gasteiger partial charge in [-0.3, -0.25) is 10.1 Å². The zero-order chi connectivity index (χ0) is 17.3. The summed E-state index contributed by atoms with van der Waals surface area (Å²) in [6, 6.07) is -0.391. The molecule has 0 saturated carbocycles. The van der Waals surface area contributed by atoms with Crippen molar-refractivity contribution < 1.29 is 18.0 Å². The lowest BCUT2D eigenvalue weighted by Gasteiger charge is -2.26. The van der Waals surface area contributed by atoms with E-state index >= 15 is 0 Å². The van der Waals surface area contributed by atoms with Crippen molar-refractivity contribution in [3.05, 3.63) is 11.6 Å². The van der Waals surface area contributed by atoms with Gasteiger partial charge in [0.2, 0.25) is 5.91 Å². The molecule has 2 aliphatic heterocycles. The van der Waals surface area contributed by atoms with Crippen LogP contribution in [0.2, 0.25) is 0 Å². The quantitative estimate of drug-likeness (QED) is 0.904. The first kappa shape index (κ1) is 17.2. The molecule has 0 bridgehead atoms. The maximum absolute atomic E-state index is 13.1. The summed E-state index contributed by atoms with van der Waals surface area (Å²) in [7, 11) is 0. The molecular formula is C15H22F3N5O. The first-order chi connectivity index (χ1) is 11.4.